The fraction of sp³-hybridized carbons (Fsp3) is 0.250. The van der Waals surface area contributed by atoms with E-state index in [0.717, 1.165) is 0 Å². The van der Waals surface area contributed by atoms with Crippen molar-refractivity contribution in [2.45, 2.75) is 6.92 Å². The van der Waals surface area contributed by atoms with Gasteiger partial charge in [0.15, 0.2) is 0 Å². The molecule has 0 saturated heterocycles. The molecule has 1 amide bonds. The molecule has 18 heavy (non-hydrogen) atoms. The van der Waals surface area contributed by atoms with Crippen molar-refractivity contribution in [1.82, 2.24) is 0 Å². The third-order valence-corrected chi connectivity index (χ3v) is 2.97. The van der Waals surface area contributed by atoms with Crippen molar-refractivity contribution in [3.05, 3.63) is 29.3 Å². The normalized spacial score (nSPS) is 9.56. The number of amides is 1. The Bertz CT molecular complexity index is 509. The van der Waals surface area contributed by atoms with E-state index in [9.17, 15) is 9.59 Å². The highest BCUT2D eigenvalue weighted by Gasteiger charge is 2.14. The summed E-state index contributed by atoms with van der Waals surface area (Å²) in [5.41, 5.74) is 1.06. The quantitative estimate of drug-likeness (QED) is 0.792. The van der Waals surface area contributed by atoms with Crippen LogP contribution in [-0.2, 0) is 4.79 Å². The molecule has 0 bridgehead atoms. The van der Waals surface area contributed by atoms with E-state index >= 15 is 0 Å². The summed E-state index contributed by atoms with van der Waals surface area (Å²) in [6.45, 7) is 1.73. The van der Waals surface area contributed by atoms with E-state index in [0.29, 0.717) is 11.3 Å². The minimum Gasteiger partial charge on any atom is -0.478 e. The second kappa shape index (κ2) is 6.67. The molecule has 0 saturated carbocycles. The first-order valence-electron chi connectivity index (χ1n) is 5.13. The maximum Gasteiger partial charge on any atom is 0.337 e. The molecule has 0 aliphatic heterocycles. The topological polar surface area (TPSA) is 90.2 Å². The van der Waals surface area contributed by atoms with E-state index in [2.05, 4.69) is 5.32 Å². The molecule has 0 fully saturated rings. The number of benzene rings is 1. The molecule has 1 aromatic carbocycles. The smallest absolute Gasteiger partial charge is 0.337 e. The zero-order valence-corrected chi connectivity index (χ0v) is 10.6. The van der Waals surface area contributed by atoms with Gasteiger partial charge in [0.2, 0.25) is 5.91 Å². The number of carbonyl (C=O) groups is 2. The van der Waals surface area contributed by atoms with Crippen LogP contribution in [-0.4, -0.2) is 28.5 Å². The Morgan fingerprint density at radius 1 is 1.50 bits per heavy atom. The molecular formula is C12H12N2O3S. The predicted molar refractivity (Wildman–Crippen MR) is 69.7 cm³/mol. The Labute approximate surface area is 109 Å². The average molecular weight is 264 g/mol. The first-order chi connectivity index (χ1) is 8.56. The number of nitrogens with one attached hydrogen (secondary N) is 1. The summed E-state index contributed by atoms with van der Waals surface area (Å²) in [7, 11) is 0. The summed E-state index contributed by atoms with van der Waals surface area (Å²) in [4.78, 5) is 22.6. The monoisotopic (exact) mass is 264 g/mol. The molecule has 5 nitrogen and oxygen atoms in total. The number of carboxylic acid groups (broad SMARTS) is 1. The number of thioether (sulfide) groups is 1. The van der Waals surface area contributed by atoms with Gasteiger partial charge in [-0.25, -0.2) is 4.79 Å². The number of nitrogens with zero attached hydrogens (tertiary/aromatic N) is 1. The molecule has 0 heterocycles. The van der Waals surface area contributed by atoms with Crippen LogP contribution in [0.15, 0.2) is 18.2 Å². The van der Waals surface area contributed by atoms with Gasteiger partial charge in [0.1, 0.15) is 0 Å². The summed E-state index contributed by atoms with van der Waals surface area (Å²) in [5, 5.41) is 19.9. The largest absolute Gasteiger partial charge is 0.478 e. The van der Waals surface area contributed by atoms with Crippen LogP contribution in [0.1, 0.15) is 15.9 Å². The van der Waals surface area contributed by atoms with Crippen LogP contribution in [0.25, 0.3) is 0 Å². The number of aryl methyl sites for hydroxylation is 1. The molecule has 0 unspecified atom stereocenters. The van der Waals surface area contributed by atoms with Gasteiger partial charge in [-0.15, -0.1) is 11.8 Å². The SMILES string of the molecule is Cc1cccc(C(=O)O)c1NC(=O)CSCC#N. The minimum atomic E-state index is -1.08. The number of para-hydroxylation sites is 1. The average Bonchev–Trinajstić information content (AvgIpc) is 2.31. The Morgan fingerprint density at radius 3 is 2.83 bits per heavy atom. The van der Waals surface area contributed by atoms with Crippen molar-refractivity contribution in [3.63, 3.8) is 0 Å². The molecule has 0 spiro atoms. The molecule has 6 heteroatoms. The third-order valence-electron chi connectivity index (χ3n) is 2.17. The van der Waals surface area contributed by atoms with Crippen LogP contribution in [0.2, 0.25) is 0 Å². The van der Waals surface area contributed by atoms with E-state index in [-0.39, 0.29) is 23.0 Å². The summed E-state index contributed by atoms with van der Waals surface area (Å²) in [6, 6.07) is 6.71. The van der Waals surface area contributed by atoms with Crippen molar-refractivity contribution >= 4 is 29.3 Å². The lowest BCUT2D eigenvalue weighted by Gasteiger charge is -2.10. The molecule has 94 valence electrons. The van der Waals surface area contributed by atoms with E-state index < -0.39 is 5.97 Å². The lowest BCUT2D eigenvalue weighted by Crippen LogP contribution is -2.17. The molecule has 1 rings (SSSR count). The lowest BCUT2D eigenvalue weighted by atomic mass is 10.1. The fourth-order valence-electron chi connectivity index (χ4n) is 1.38. The number of rotatable bonds is 5. The van der Waals surface area contributed by atoms with Crippen LogP contribution >= 0.6 is 11.8 Å². The van der Waals surface area contributed by atoms with Crippen molar-refractivity contribution in [2.75, 3.05) is 16.8 Å². The van der Waals surface area contributed by atoms with Crippen LogP contribution in [0.3, 0.4) is 0 Å². The van der Waals surface area contributed by atoms with Crippen LogP contribution in [0.5, 0.6) is 0 Å². The van der Waals surface area contributed by atoms with E-state index in [1.54, 1.807) is 19.1 Å². The molecule has 2 N–H and O–H groups in total. The molecule has 1 aromatic rings. The predicted octanol–water partition coefficient (Wildman–Crippen LogP) is 1.89. The van der Waals surface area contributed by atoms with Gasteiger partial charge in [0.25, 0.3) is 0 Å². The molecule has 0 radical (unpaired) electrons. The number of hydrogen-bond acceptors (Lipinski definition) is 4. The Morgan fingerprint density at radius 2 is 2.22 bits per heavy atom. The molecular weight excluding hydrogens is 252 g/mol. The zero-order valence-electron chi connectivity index (χ0n) is 9.77. The molecule has 0 aliphatic rings. The van der Waals surface area contributed by atoms with E-state index in [1.807, 2.05) is 6.07 Å². The third kappa shape index (κ3) is 3.79. The Kier molecular flexibility index (Phi) is 5.21. The van der Waals surface area contributed by atoms with Crippen LogP contribution in [0.4, 0.5) is 5.69 Å². The molecule has 0 aliphatic carbocycles. The summed E-state index contributed by atoms with van der Waals surface area (Å²) in [5.74, 6) is -1.04. The highest BCUT2D eigenvalue weighted by molar-refractivity contribution is 8.00. The number of aromatic carboxylic acids is 1. The zero-order chi connectivity index (χ0) is 13.5. The van der Waals surface area contributed by atoms with Gasteiger partial charge < -0.3 is 10.4 Å². The molecule has 0 atom stereocenters. The minimum absolute atomic E-state index is 0.0635. The molecule has 0 aromatic heterocycles. The second-order valence-corrected chi connectivity index (χ2v) is 4.49. The van der Waals surface area contributed by atoms with Crippen molar-refractivity contribution in [1.29, 1.82) is 5.26 Å². The van der Waals surface area contributed by atoms with Gasteiger partial charge in [0, 0.05) is 0 Å². The Balaban J connectivity index is 2.81. The second-order valence-electron chi connectivity index (χ2n) is 3.50. The van der Waals surface area contributed by atoms with Gasteiger partial charge >= 0.3 is 5.97 Å². The van der Waals surface area contributed by atoms with Gasteiger partial charge in [-0.1, -0.05) is 12.1 Å². The van der Waals surface area contributed by atoms with E-state index in [4.69, 9.17) is 10.4 Å². The van der Waals surface area contributed by atoms with Crippen molar-refractivity contribution in [2.24, 2.45) is 0 Å². The number of carboxylic acids is 1. The van der Waals surface area contributed by atoms with Crippen molar-refractivity contribution in [3.8, 4) is 6.07 Å². The highest BCUT2D eigenvalue weighted by Crippen LogP contribution is 2.20. The number of anilines is 1. The van der Waals surface area contributed by atoms with Crippen LogP contribution < -0.4 is 5.32 Å². The van der Waals surface area contributed by atoms with Gasteiger partial charge in [-0.3, -0.25) is 4.79 Å². The number of carbonyl (C=O) groups excluding carboxylic acids is 1. The Hall–Kier alpha value is -2.00. The van der Waals surface area contributed by atoms with Gasteiger partial charge in [-0.2, -0.15) is 5.26 Å². The first kappa shape index (κ1) is 14.1. The van der Waals surface area contributed by atoms with Gasteiger partial charge in [-0.05, 0) is 18.6 Å². The van der Waals surface area contributed by atoms with E-state index in [1.165, 1.54) is 17.8 Å². The maximum absolute atomic E-state index is 11.6. The highest BCUT2D eigenvalue weighted by atomic mass is 32.2. The maximum atomic E-state index is 11.6. The standard InChI is InChI=1S/C12H12N2O3S/c1-8-3-2-4-9(12(16)17)11(8)14-10(15)7-18-6-5-13/h2-4H,6-7H2,1H3,(H,14,15)(H,16,17). The first-order valence-corrected chi connectivity index (χ1v) is 6.29. The fourth-order valence-corrected chi connectivity index (χ4v) is 1.83. The summed E-state index contributed by atoms with van der Waals surface area (Å²) < 4.78 is 0. The van der Waals surface area contributed by atoms with Gasteiger partial charge in [0.05, 0.1) is 28.8 Å². The summed E-state index contributed by atoms with van der Waals surface area (Å²) in [6.07, 6.45) is 0. The number of hydrogen-bond donors (Lipinski definition) is 2. The number of nitriles is 1. The van der Waals surface area contributed by atoms with Crippen LogP contribution in [0, 0.1) is 18.3 Å². The van der Waals surface area contributed by atoms with Crippen molar-refractivity contribution < 1.29 is 14.7 Å². The lowest BCUT2D eigenvalue weighted by molar-refractivity contribution is -0.113. The summed E-state index contributed by atoms with van der Waals surface area (Å²) >= 11 is 1.18.